The van der Waals surface area contributed by atoms with Crippen molar-refractivity contribution in [2.45, 2.75) is 38.7 Å². The van der Waals surface area contributed by atoms with E-state index in [9.17, 15) is 9.50 Å². The summed E-state index contributed by atoms with van der Waals surface area (Å²) in [6.07, 6.45) is -0.536. The Morgan fingerprint density at radius 3 is 2.29 bits per heavy atom. The van der Waals surface area contributed by atoms with Gasteiger partial charge in [0.05, 0.1) is 11.1 Å². The molecule has 3 heteroatoms. The van der Waals surface area contributed by atoms with Crippen molar-refractivity contribution in [3.8, 4) is 0 Å². The van der Waals surface area contributed by atoms with Gasteiger partial charge in [-0.1, -0.05) is 68.8 Å². The maximum atomic E-state index is 13.9. The van der Waals surface area contributed by atoms with Crippen LogP contribution in [0, 0.1) is 5.82 Å². The van der Waals surface area contributed by atoms with Crippen molar-refractivity contribution in [2.75, 3.05) is 0 Å². The van der Waals surface area contributed by atoms with Gasteiger partial charge in [-0.15, -0.1) is 0 Å². The van der Waals surface area contributed by atoms with E-state index in [2.05, 4.69) is 32.9 Å². The normalized spacial score (nSPS) is 13.2. The average molecular weight is 307 g/mol. The summed E-state index contributed by atoms with van der Waals surface area (Å²) in [7, 11) is 0. The number of aliphatic hydroxyl groups is 1. The number of hydrogen-bond acceptors (Lipinski definition) is 1. The van der Waals surface area contributed by atoms with Crippen molar-refractivity contribution in [1.82, 2.24) is 0 Å². The molecule has 21 heavy (non-hydrogen) atoms. The van der Waals surface area contributed by atoms with Crippen LogP contribution in [0.5, 0.6) is 0 Å². The minimum atomic E-state index is -0.899. The van der Waals surface area contributed by atoms with Crippen LogP contribution < -0.4 is 0 Å². The van der Waals surface area contributed by atoms with Crippen molar-refractivity contribution in [3.63, 3.8) is 0 Å². The SMILES string of the molecule is CC(C)(C)c1ccc(CC(O)c2cccc(Cl)c2F)cc1. The Labute approximate surface area is 130 Å². The third-order valence-corrected chi connectivity index (χ3v) is 3.88. The largest absolute Gasteiger partial charge is 0.388 e. The molecule has 0 amide bonds. The van der Waals surface area contributed by atoms with Crippen LogP contribution in [0.3, 0.4) is 0 Å². The van der Waals surface area contributed by atoms with Gasteiger partial charge in [-0.3, -0.25) is 0 Å². The molecule has 112 valence electrons. The second kappa shape index (κ2) is 6.17. The van der Waals surface area contributed by atoms with Gasteiger partial charge in [-0.05, 0) is 22.6 Å². The molecule has 2 aromatic carbocycles. The summed E-state index contributed by atoms with van der Waals surface area (Å²) in [5.74, 6) is -0.544. The third kappa shape index (κ3) is 3.84. The van der Waals surface area contributed by atoms with E-state index in [1.807, 2.05) is 12.1 Å². The van der Waals surface area contributed by atoms with Gasteiger partial charge in [0.1, 0.15) is 5.82 Å². The summed E-state index contributed by atoms with van der Waals surface area (Å²) >= 11 is 5.75. The van der Waals surface area contributed by atoms with Crippen LogP contribution >= 0.6 is 11.6 Å². The fourth-order valence-corrected chi connectivity index (χ4v) is 2.43. The molecule has 0 aliphatic rings. The minimum absolute atomic E-state index is 0.0367. The van der Waals surface area contributed by atoms with Gasteiger partial charge in [-0.25, -0.2) is 4.39 Å². The Hall–Kier alpha value is -1.38. The summed E-state index contributed by atoms with van der Waals surface area (Å²) in [4.78, 5) is 0. The van der Waals surface area contributed by atoms with E-state index in [4.69, 9.17) is 11.6 Å². The quantitative estimate of drug-likeness (QED) is 0.841. The first-order chi connectivity index (χ1) is 9.79. The Morgan fingerprint density at radius 2 is 1.71 bits per heavy atom. The lowest BCUT2D eigenvalue weighted by molar-refractivity contribution is 0.173. The van der Waals surface area contributed by atoms with Gasteiger partial charge in [-0.2, -0.15) is 0 Å². The predicted octanol–water partition coefficient (Wildman–Crippen LogP) is 5.05. The predicted molar refractivity (Wildman–Crippen MR) is 85.2 cm³/mol. The maximum Gasteiger partial charge on any atom is 0.147 e. The van der Waals surface area contributed by atoms with Gasteiger partial charge in [0.15, 0.2) is 0 Å². The van der Waals surface area contributed by atoms with E-state index in [1.54, 1.807) is 12.1 Å². The molecular formula is C18H20ClFO. The first-order valence-electron chi connectivity index (χ1n) is 7.00. The van der Waals surface area contributed by atoms with Crippen LogP contribution in [0.1, 0.15) is 43.6 Å². The molecule has 0 radical (unpaired) electrons. The monoisotopic (exact) mass is 306 g/mol. The number of aliphatic hydroxyl groups excluding tert-OH is 1. The zero-order valence-corrected chi connectivity index (χ0v) is 13.3. The van der Waals surface area contributed by atoms with Crippen LogP contribution in [0.25, 0.3) is 0 Å². The van der Waals surface area contributed by atoms with E-state index < -0.39 is 11.9 Å². The molecule has 1 atom stereocenters. The molecule has 0 heterocycles. The summed E-state index contributed by atoms with van der Waals surface area (Å²) in [5, 5.41) is 10.2. The van der Waals surface area contributed by atoms with Crippen molar-refractivity contribution < 1.29 is 9.50 Å². The van der Waals surface area contributed by atoms with Gasteiger partial charge in [0, 0.05) is 12.0 Å². The van der Waals surface area contributed by atoms with Crippen LogP contribution in [0.2, 0.25) is 5.02 Å². The molecule has 0 saturated heterocycles. The fraction of sp³-hybridized carbons (Fsp3) is 0.333. The number of halogens is 2. The van der Waals surface area contributed by atoms with Crippen molar-refractivity contribution in [3.05, 3.63) is 70.0 Å². The molecule has 1 nitrogen and oxygen atoms in total. The lowest BCUT2D eigenvalue weighted by Crippen LogP contribution is -2.11. The fourth-order valence-electron chi connectivity index (χ4n) is 2.25. The van der Waals surface area contributed by atoms with Crippen LogP contribution in [-0.2, 0) is 11.8 Å². The van der Waals surface area contributed by atoms with E-state index in [0.29, 0.717) is 6.42 Å². The number of benzene rings is 2. The van der Waals surface area contributed by atoms with E-state index in [1.165, 1.54) is 11.6 Å². The number of rotatable bonds is 3. The summed E-state index contributed by atoms with van der Waals surface area (Å²) < 4.78 is 13.9. The first-order valence-corrected chi connectivity index (χ1v) is 7.38. The third-order valence-electron chi connectivity index (χ3n) is 3.59. The zero-order valence-electron chi connectivity index (χ0n) is 12.5. The average Bonchev–Trinajstić information content (AvgIpc) is 2.41. The van der Waals surface area contributed by atoms with Crippen LogP contribution in [0.15, 0.2) is 42.5 Å². The topological polar surface area (TPSA) is 20.2 Å². The molecule has 1 unspecified atom stereocenters. The van der Waals surface area contributed by atoms with Crippen molar-refractivity contribution in [1.29, 1.82) is 0 Å². The highest BCUT2D eigenvalue weighted by Gasteiger charge is 2.17. The van der Waals surface area contributed by atoms with Gasteiger partial charge >= 0.3 is 0 Å². The molecular weight excluding hydrogens is 287 g/mol. The van der Waals surface area contributed by atoms with E-state index in [0.717, 1.165) is 5.56 Å². The Balaban J connectivity index is 2.16. The summed E-state index contributed by atoms with van der Waals surface area (Å²) in [6.45, 7) is 6.45. The zero-order chi connectivity index (χ0) is 15.6. The molecule has 2 aromatic rings. The van der Waals surface area contributed by atoms with Gasteiger partial charge in [0.2, 0.25) is 0 Å². The van der Waals surface area contributed by atoms with Crippen LogP contribution in [0.4, 0.5) is 4.39 Å². The highest BCUT2D eigenvalue weighted by Crippen LogP contribution is 2.27. The Bertz CT molecular complexity index is 614. The van der Waals surface area contributed by atoms with Gasteiger partial charge < -0.3 is 5.11 Å². The molecule has 0 bridgehead atoms. The standard InChI is InChI=1S/C18H20ClFO/c1-18(2,3)13-9-7-12(8-10-13)11-16(21)14-5-4-6-15(19)17(14)20/h4-10,16,21H,11H2,1-3H3. The molecule has 0 aliphatic carbocycles. The Morgan fingerprint density at radius 1 is 1.10 bits per heavy atom. The molecule has 0 saturated carbocycles. The highest BCUT2D eigenvalue weighted by molar-refractivity contribution is 6.30. The lowest BCUT2D eigenvalue weighted by atomic mass is 9.86. The second-order valence-corrected chi connectivity index (χ2v) is 6.72. The minimum Gasteiger partial charge on any atom is -0.388 e. The molecule has 0 aromatic heterocycles. The maximum absolute atomic E-state index is 13.9. The second-order valence-electron chi connectivity index (χ2n) is 6.31. The molecule has 0 spiro atoms. The summed E-state index contributed by atoms with van der Waals surface area (Å²) in [6, 6.07) is 12.7. The number of hydrogen-bond donors (Lipinski definition) is 1. The molecule has 1 N–H and O–H groups in total. The molecule has 0 fully saturated rings. The highest BCUT2D eigenvalue weighted by atomic mass is 35.5. The molecule has 0 aliphatic heterocycles. The summed E-state index contributed by atoms with van der Waals surface area (Å²) in [5.41, 5.74) is 2.53. The van der Waals surface area contributed by atoms with E-state index in [-0.39, 0.29) is 16.0 Å². The van der Waals surface area contributed by atoms with Crippen molar-refractivity contribution in [2.24, 2.45) is 0 Å². The molecule has 2 rings (SSSR count). The smallest absolute Gasteiger partial charge is 0.147 e. The lowest BCUT2D eigenvalue weighted by Gasteiger charge is -2.19. The van der Waals surface area contributed by atoms with Gasteiger partial charge in [0.25, 0.3) is 0 Å². The first kappa shape index (κ1) is 16.0. The van der Waals surface area contributed by atoms with Crippen LogP contribution in [-0.4, -0.2) is 5.11 Å². The van der Waals surface area contributed by atoms with Crippen molar-refractivity contribution >= 4 is 11.6 Å². The Kier molecular flexibility index (Phi) is 4.70. The van der Waals surface area contributed by atoms with E-state index >= 15 is 0 Å².